The average Bonchev–Trinajstić information content (AvgIpc) is 2.56. The molecule has 0 radical (unpaired) electrons. The van der Waals surface area contributed by atoms with E-state index in [0.29, 0.717) is 5.56 Å². The fourth-order valence-electron chi connectivity index (χ4n) is 2.61. The van der Waals surface area contributed by atoms with Crippen molar-refractivity contribution in [3.05, 3.63) is 41.5 Å². The molecule has 0 aromatic heterocycles. The van der Waals surface area contributed by atoms with Gasteiger partial charge in [0.1, 0.15) is 5.75 Å². The molecule has 0 saturated heterocycles. The second kappa shape index (κ2) is 9.29. The molecule has 0 heterocycles. The summed E-state index contributed by atoms with van der Waals surface area (Å²) < 4.78 is 5.60. The molecule has 0 fully saturated rings. The van der Waals surface area contributed by atoms with Crippen molar-refractivity contribution < 1.29 is 9.53 Å². The monoisotopic (exact) mass is 301 g/mol. The minimum Gasteiger partial charge on any atom is -0.494 e. The predicted octanol–water partition coefficient (Wildman–Crippen LogP) is 4.49. The summed E-state index contributed by atoms with van der Waals surface area (Å²) in [4.78, 5) is 12.1. The molecule has 1 aliphatic rings. The third kappa shape index (κ3) is 5.55. The van der Waals surface area contributed by atoms with Gasteiger partial charge in [0.15, 0.2) is 0 Å². The molecule has 1 aromatic rings. The molecular weight excluding hydrogens is 274 g/mol. The summed E-state index contributed by atoms with van der Waals surface area (Å²) in [5.74, 6) is 0.828. The fraction of sp³-hybridized carbons (Fsp3) is 0.526. The Labute approximate surface area is 133 Å². The van der Waals surface area contributed by atoms with Gasteiger partial charge in [0.25, 0.3) is 5.91 Å². The highest BCUT2D eigenvalue weighted by Gasteiger charge is 2.07. The van der Waals surface area contributed by atoms with Gasteiger partial charge >= 0.3 is 0 Å². The Morgan fingerprint density at radius 3 is 2.73 bits per heavy atom. The van der Waals surface area contributed by atoms with Gasteiger partial charge < -0.3 is 10.1 Å². The lowest BCUT2D eigenvalue weighted by Gasteiger charge is -2.13. The lowest BCUT2D eigenvalue weighted by Crippen LogP contribution is -2.24. The highest BCUT2D eigenvalue weighted by atomic mass is 16.5. The lowest BCUT2D eigenvalue weighted by atomic mass is 9.97. The Morgan fingerprint density at radius 2 is 2.05 bits per heavy atom. The third-order valence-electron chi connectivity index (χ3n) is 4.00. The van der Waals surface area contributed by atoms with E-state index in [4.69, 9.17) is 4.74 Å². The molecule has 3 nitrogen and oxygen atoms in total. The maximum Gasteiger partial charge on any atom is 0.251 e. The van der Waals surface area contributed by atoms with Crippen LogP contribution < -0.4 is 10.1 Å². The largest absolute Gasteiger partial charge is 0.494 e. The van der Waals surface area contributed by atoms with E-state index in [1.807, 2.05) is 24.3 Å². The molecule has 2 rings (SSSR count). The van der Waals surface area contributed by atoms with Crippen molar-refractivity contribution in [1.29, 1.82) is 0 Å². The second-order valence-electron chi connectivity index (χ2n) is 5.84. The molecule has 0 atom stereocenters. The highest BCUT2D eigenvalue weighted by molar-refractivity contribution is 5.94. The van der Waals surface area contributed by atoms with Crippen molar-refractivity contribution in [1.82, 2.24) is 5.32 Å². The maximum absolute atomic E-state index is 12.1. The SMILES string of the molecule is CCCCOc1ccc(C(=O)NCCC2=CCCCC2)cc1. The van der Waals surface area contributed by atoms with Gasteiger partial charge in [-0.3, -0.25) is 4.79 Å². The zero-order chi connectivity index (χ0) is 15.6. The Morgan fingerprint density at radius 1 is 1.23 bits per heavy atom. The van der Waals surface area contributed by atoms with Crippen LogP contribution in [0.2, 0.25) is 0 Å². The highest BCUT2D eigenvalue weighted by Crippen LogP contribution is 2.19. The lowest BCUT2D eigenvalue weighted by molar-refractivity contribution is 0.0954. The molecule has 0 unspecified atom stereocenters. The summed E-state index contributed by atoms with van der Waals surface area (Å²) in [6, 6.07) is 7.40. The van der Waals surface area contributed by atoms with Crippen LogP contribution in [0, 0.1) is 0 Å². The smallest absolute Gasteiger partial charge is 0.251 e. The Bertz CT molecular complexity index is 491. The second-order valence-corrected chi connectivity index (χ2v) is 5.84. The van der Waals surface area contributed by atoms with Gasteiger partial charge in [-0.25, -0.2) is 0 Å². The number of carbonyl (C=O) groups is 1. The molecule has 1 aliphatic carbocycles. The van der Waals surface area contributed by atoms with Gasteiger partial charge in [-0.1, -0.05) is 25.0 Å². The molecule has 0 aliphatic heterocycles. The molecule has 1 aromatic carbocycles. The standard InChI is InChI=1S/C19H27NO2/c1-2-3-15-22-18-11-9-17(10-12-18)19(21)20-14-13-16-7-5-4-6-8-16/h7,9-12H,2-6,8,13-15H2,1H3,(H,20,21). The quantitative estimate of drug-likeness (QED) is 0.567. The number of allylic oxidation sites excluding steroid dienone is 1. The number of ether oxygens (including phenoxy) is 1. The summed E-state index contributed by atoms with van der Waals surface area (Å²) in [6.45, 7) is 3.59. The average molecular weight is 301 g/mol. The number of nitrogens with one attached hydrogen (secondary N) is 1. The van der Waals surface area contributed by atoms with Crippen molar-refractivity contribution in [2.45, 2.75) is 51.9 Å². The van der Waals surface area contributed by atoms with E-state index in [9.17, 15) is 4.79 Å². The zero-order valence-corrected chi connectivity index (χ0v) is 13.6. The van der Waals surface area contributed by atoms with Gasteiger partial charge in [-0.15, -0.1) is 0 Å². The minimum atomic E-state index is -0.00322. The fourth-order valence-corrected chi connectivity index (χ4v) is 2.61. The molecule has 0 saturated carbocycles. The summed E-state index contributed by atoms with van der Waals surface area (Å²) in [5.41, 5.74) is 2.19. The summed E-state index contributed by atoms with van der Waals surface area (Å²) in [7, 11) is 0. The topological polar surface area (TPSA) is 38.3 Å². The number of carbonyl (C=O) groups excluding carboxylic acids is 1. The van der Waals surface area contributed by atoms with E-state index in [1.165, 1.54) is 31.3 Å². The molecule has 0 spiro atoms. The van der Waals surface area contributed by atoms with Crippen molar-refractivity contribution in [3.8, 4) is 5.75 Å². The van der Waals surface area contributed by atoms with Crippen LogP contribution in [0.25, 0.3) is 0 Å². The van der Waals surface area contributed by atoms with Crippen molar-refractivity contribution in [3.63, 3.8) is 0 Å². The van der Waals surface area contributed by atoms with Crippen LogP contribution in [0.5, 0.6) is 5.75 Å². The van der Waals surface area contributed by atoms with E-state index in [1.54, 1.807) is 0 Å². The van der Waals surface area contributed by atoms with Crippen LogP contribution in [0.1, 0.15) is 62.2 Å². The summed E-state index contributed by atoms with van der Waals surface area (Å²) >= 11 is 0. The molecule has 22 heavy (non-hydrogen) atoms. The van der Waals surface area contributed by atoms with Crippen molar-refractivity contribution in [2.24, 2.45) is 0 Å². The number of rotatable bonds is 8. The van der Waals surface area contributed by atoms with E-state index in [-0.39, 0.29) is 5.91 Å². The molecule has 1 amide bonds. The number of hydrogen-bond acceptors (Lipinski definition) is 2. The van der Waals surface area contributed by atoms with E-state index in [2.05, 4.69) is 18.3 Å². The first-order chi connectivity index (χ1) is 10.8. The first-order valence-corrected chi connectivity index (χ1v) is 8.48. The number of hydrogen-bond donors (Lipinski definition) is 1. The van der Waals surface area contributed by atoms with Gasteiger partial charge in [0.2, 0.25) is 0 Å². The van der Waals surface area contributed by atoms with E-state index < -0.39 is 0 Å². The minimum absolute atomic E-state index is 0.00322. The van der Waals surface area contributed by atoms with Crippen molar-refractivity contribution >= 4 is 5.91 Å². The zero-order valence-electron chi connectivity index (χ0n) is 13.6. The van der Waals surface area contributed by atoms with Gasteiger partial charge in [-0.05, 0) is 62.8 Å². The normalized spacial score (nSPS) is 14.3. The van der Waals surface area contributed by atoms with E-state index >= 15 is 0 Å². The van der Waals surface area contributed by atoms with Gasteiger partial charge in [0, 0.05) is 12.1 Å². The summed E-state index contributed by atoms with van der Waals surface area (Å²) in [6.07, 6.45) is 10.5. The molecule has 120 valence electrons. The Balaban J connectivity index is 1.73. The van der Waals surface area contributed by atoms with Crippen LogP contribution >= 0.6 is 0 Å². The van der Waals surface area contributed by atoms with Gasteiger partial charge in [0.05, 0.1) is 6.61 Å². The molecular formula is C19H27NO2. The predicted molar refractivity (Wildman–Crippen MR) is 90.3 cm³/mol. The Kier molecular flexibility index (Phi) is 7.01. The van der Waals surface area contributed by atoms with Crippen LogP contribution in [-0.2, 0) is 0 Å². The maximum atomic E-state index is 12.1. The van der Waals surface area contributed by atoms with Crippen LogP contribution in [-0.4, -0.2) is 19.1 Å². The third-order valence-corrected chi connectivity index (χ3v) is 4.00. The van der Waals surface area contributed by atoms with Crippen LogP contribution in [0.4, 0.5) is 0 Å². The number of amides is 1. The van der Waals surface area contributed by atoms with E-state index in [0.717, 1.165) is 38.2 Å². The first-order valence-electron chi connectivity index (χ1n) is 8.48. The summed E-state index contributed by atoms with van der Waals surface area (Å²) in [5, 5.41) is 3.00. The number of unbranched alkanes of at least 4 members (excludes halogenated alkanes) is 1. The van der Waals surface area contributed by atoms with Crippen LogP contribution in [0.3, 0.4) is 0 Å². The number of benzene rings is 1. The molecule has 1 N–H and O–H groups in total. The van der Waals surface area contributed by atoms with Gasteiger partial charge in [-0.2, -0.15) is 0 Å². The first kappa shape index (κ1) is 16.6. The molecule has 3 heteroatoms. The van der Waals surface area contributed by atoms with Crippen LogP contribution in [0.15, 0.2) is 35.9 Å². The van der Waals surface area contributed by atoms with Crippen molar-refractivity contribution in [2.75, 3.05) is 13.2 Å². The Hall–Kier alpha value is -1.77. The molecule has 0 bridgehead atoms.